The standard InChI is InChI=1S/C26H32N2O6/c1-16(24(29)28-23(25(30)31)17(2)33-3)9-8-14-27-26(32)34-15-22-20-12-6-4-10-18(20)19-11-5-7-13-21(19)22/h4-7,10-13,16-17,22-23H,8-9,14-15H2,1-3H3,(H,27,32)(H,28,29)(H,30,31). The molecule has 3 rings (SSSR count). The molecule has 0 saturated carbocycles. The molecule has 2 aromatic carbocycles. The molecule has 1 aliphatic rings. The normalized spacial score (nSPS) is 14.9. The SMILES string of the molecule is COC(C)C(NC(=O)C(C)CCCNC(=O)OCC1c2ccccc2-c2ccccc21)C(=O)O. The maximum Gasteiger partial charge on any atom is 0.407 e. The van der Waals surface area contributed by atoms with E-state index in [0.29, 0.717) is 19.4 Å². The van der Waals surface area contributed by atoms with Gasteiger partial charge in [0.2, 0.25) is 5.91 Å². The van der Waals surface area contributed by atoms with E-state index in [0.717, 1.165) is 11.1 Å². The van der Waals surface area contributed by atoms with Crippen molar-refractivity contribution in [2.45, 2.75) is 44.8 Å². The number of carboxylic acid groups (broad SMARTS) is 1. The first-order chi connectivity index (χ1) is 16.3. The van der Waals surface area contributed by atoms with Gasteiger partial charge in [-0.3, -0.25) is 4.79 Å². The van der Waals surface area contributed by atoms with Crippen molar-refractivity contribution in [3.8, 4) is 11.1 Å². The van der Waals surface area contributed by atoms with E-state index >= 15 is 0 Å². The number of nitrogens with one attached hydrogen (secondary N) is 2. The third-order valence-corrected chi connectivity index (χ3v) is 6.28. The van der Waals surface area contributed by atoms with Crippen molar-refractivity contribution < 1.29 is 29.0 Å². The average Bonchev–Trinajstić information content (AvgIpc) is 3.16. The molecule has 0 saturated heterocycles. The fourth-order valence-corrected chi connectivity index (χ4v) is 4.19. The number of carboxylic acids is 1. The molecule has 0 aliphatic heterocycles. The average molecular weight is 469 g/mol. The molecule has 0 fully saturated rings. The minimum absolute atomic E-state index is 0.00135. The van der Waals surface area contributed by atoms with Gasteiger partial charge in [-0.25, -0.2) is 9.59 Å². The van der Waals surface area contributed by atoms with Crippen molar-refractivity contribution in [1.82, 2.24) is 10.6 Å². The molecule has 1 aliphatic carbocycles. The Morgan fingerprint density at radius 2 is 1.59 bits per heavy atom. The van der Waals surface area contributed by atoms with Crippen LogP contribution in [0.15, 0.2) is 48.5 Å². The van der Waals surface area contributed by atoms with Crippen LogP contribution in [0, 0.1) is 5.92 Å². The maximum absolute atomic E-state index is 12.3. The molecule has 8 nitrogen and oxygen atoms in total. The van der Waals surface area contributed by atoms with E-state index in [4.69, 9.17) is 9.47 Å². The molecule has 8 heteroatoms. The number of methoxy groups -OCH3 is 1. The zero-order valence-corrected chi connectivity index (χ0v) is 19.7. The summed E-state index contributed by atoms with van der Waals surface area (Å²) in [6.07, 6.45) is -0.109. The lowest BCUT2D eigenvalue weighted by Crippen LogP contribution is -2.49. The van der Waals surface area contributed by atoms with Gasteiger partial charge in [-0.2, -0.15) is 0 Å². The van der Waals surface area contributed by atoms with Gasteiger partial charge in [-0.15, -0.1) is 0 Å². The lowest BCUT2D eigenvalue weighted by atomic mass is 9.98. The number of ether oxygens (including phenoxy) is 2. The Bertz CT molecular complexity index is 978. The van der Waals surface area contributed by atoms with Crippen molar-refractivity contribution in [3.05, 3.63) is 59.7 Å². The molecular weight excluding hydrogens is 436 g/mol. The van der Waals surface area contributed by atoms with Crippen LogP contribution in [-0.4, -0.2) is 55.5 Å². The van der Waals surface area contributed by atoms with Crippen LogP contribution in [0.25, 0.3) is 11.1 Å². The summed E-state index contributed by atoms with van der Waals surface area (Å²) in [6, 6.07) is 15.2. The number of amides is 2. The molecule has 0 spiro atoms. The molecule has 3 atom stereocenters. The first-order valence-electron chi connectivity index (χ1n) is 11.5. The predicted octanol–water partition coefficient (Wildman–Crippen LogP) is 3.55. The van der Waals surface area contributed by atoms with Crippen LogP contribution in [0.1, 0.15) is 43.7 Å². The van der Waals surface area contributed by atoms with Crippen molar-refractivity contribution in [2.24, 2.45) is 5.92 Å². The van der Waals surface area contributed by atoms with Gasteiger partial charge in [0, 0.05) is 25.5 Å². The molecule has 2 amide bonds. The molecule has 0 aromatic heterocycles. The van der Waals surface area contributed by atoms with Gasteiger partial charge in [0.05, 0.1) is 6.10 Å². The number of alkyl carbamates (subject to hydrolysis) is 1. The van der Waals surface area contributed by atoms with Gasteiger partial charge in [-0.1, -0.05) is 55.5 Å². The zero-order chi connectivity index (χ0) is 24.7. The Morgan fingerprint density at radius 3 is 2.15 bits per heavy atom. The molecule has 182 valence electrons. The number of benzene rings is 2. The summed E-state index contributed by atoms with van der Waals surface area (Å²) >= 11 is 0. The summed E-state index contributed by atoms with van der Waals surface area (Å²) in [4.78, 5) is 35.9. The van der Waals surface area contributed by atoms with Crippen molar-refractivity contribution in [3.63, 3.8) is 0 Å². The van der Waals surface area contributed by atoms with Crippen LogP contribution < -0.4 is 10.6 Å². The van der Waals surface area contributed by atoms with E-state index in [9.17, 15) is 19.5 Å². The molecular formula is C26H32N2O6. The largest absolute Gasteiger partial charge is 0.480 e. The van der Waals surface area contributed by atoms with Crippen LogP contribution in [0.3, 0.4) is 0 Å². The van der Waals surface area contributed by atoms with Crippen LogP contribution in [0.5, 0.6) is 0 Å². The molecule has 2 aromatic rings. The molecule has 3 N–H and O–H groups in total. The fourth-order valence-electron chi connectivity index (χ4n) is 4.19. The minimum atomic E-state index is -1.15. The third kappa shape index (κ3) is 5.94. The van der Waals surface area contributed by atoms with E-state index in [-0.39, 0.29) is 18.4 Å². The Balaban J connectivity index is 1.42. The lowest BCUT2D eigenvalue weighted by Gasteiger charge is -2.22. The highest BCUT2D eigenvalue weighted by atomic mass is 16.5. The minimum Gasteiger partial charge on any atom is -0.480 e. The summed E-state index contributed by atoms with van der Waals surface area (Å²) in [5, 5.41) is 14.5. The summed E-state index contributed by atoms with van der Waals surface area (Å²) in [7, 11) is 1.39. The Kier molecular flexibility index (Phi) is 8.65. The summed E-state index contributed by atoms with van der Waals surface area (Å²) in [5.41, 5.74) is 4.64. The molecule has 3 unspecified atom stereocenters. The molecule has 34 heavy (non-hydrogen) atoms. The van der Waals surface area contributed by atoms with Gasteiger partial charge >= 0.3 is 12.1 Å². The molecule has 0 bridgehead atoms. The fraction of sp³-hybridized carbons (Fsp3) is 0.423. The van der Waals surface area contributed by atoms with E-state index in [1.54, 1.807) is 13.8 Å². The number of aliphatic carboxylic acids is 1. The molecule has 0 heterocycles. The van der Waals surface area contributed by atoms with E-state index < -0.39 is 30.1 Å². The Hall–Kier alpha value is -3.39. The van der Waals surface area contributed by atoms with Gasteiger partial charge in [0.15, 0.2) is 6.04 Å². The highest BCUT2D eigenvalue weighted by molar-refractivity contribution is 5.85. The second-order valence-electron chi connectivity index (χ2n) is 8.56. The lowest BCUT2D eigenvalue weighted by molar-refractivity contribution is -0.146. The van der Waals surface area contributed by atoms with Crippen molar-refractivity contribution in [1.29, 1.82) is 0 Å². The predicted molar refractivity (Wildman–Crippen MR) is 128 cm³/mol. The Morgan fingerprint density at radius 1 is 1.00 bits per heavy atom. The summed E-state index contributed by atoms with van der Waals surface area (Å²) < 4.78 is 10.5. The Labute approximate surface area is 199 Å². The topological polar surface area (TPSA) is 114 Å². The highest BCUT2D eigenvalue weighted by Crippen LogP contribution is 2.44. The zero-order valence-electron chi connectivity index (χ0n) is 19.7. The van der Waals surface area contributed by atoms with Crippen LogP contribution in [-0.2, 0) is 19.1 Å². The van der Waals surface area contributed by atoms with Gasteiger partial charge in [0.1, 0.15) is 6.61 Å². The maximum atomic E-state index is 12.3. The summed E-state index contributed by atoms with van der Waals surface area (Å²) in [6.45, 7) is 3.90. The number of rotatable bonds is 11. The number of hydrogen-bond donors (Lipinski definition) is 3. The van der Waals surface area contributed by atoms with E-state index in [2.05, 4.69) is 34.9 Å². The van der Waals surface area contributed by atoms with Crippen molar-refractivity contribution >= 4 is 18.0 Å². The van der Waals surface area contributed by atoms with Gasteiger partial charge in [-0.05, 0) is 42.0 Å². The first-order valence-corrected chi connectivity index (χ1v) is 11.5. The highest BCUT2D eigenvalue weighted by Gasteiger charge is 2.29. The number of hydrogen-bond acceptors (Lipinski definition) is 5. The van der Waals surface area contributed by atoms with Gasteiger partial charge < -0.3 is 25.2 Å². The van der Waals surface area contributed by atoms with Crippen LogP contribution in [0.2, 0.25) is 0 Å². The number of carbonyl (C=O) groups is 3. The second kappa shape index (κ2) is 11.7. The number of fused-ring (bicyclic) bond motifs is 3. The van der Waals surface area contributed by atoms with E-state index in [1.807, 2.05) is 24.3 Å². The van der Waals surface area contributed by atoms with E-state index in [1.165, 1.54) is 18.2 Å². The summed E-state index contributed by atoms with van der Waals surface area (Å²) in [5.74, 6) is -1.92. The first kappa shape index (κ1) is 25.2. The number of carbonyl (C=O) groups excluding carboxylic acids is 2. The van der Waals surface area contributed by atoms with Crippen LogP contribution >= 0.6 is 0 Å². The molecule has 0 radical (unpaired) electrons. The quantitative estimate of drug-likeness (QED) is 0.435. The third-order valence-electron chi connectivity index (χ3n) is 6.28. The van der Waals surface area contributed by atoms with Crippen molar-refractivity contribution in [2.75, 3.05) is 20.3 Å². The monoisotopic (exact) mass is 468 g/mol. The second-order valence-corrected chi connectivity index (χ2v) is 8.56. The van der Waals surface area contributed by atoms with Crippen LogP contribution in [0.4, 0.5) is 4.79 Å². The smallest absolute Gasteiger partial charge is 0.407 e. The van der Waals surface area contributed by atoms with Gasteiger partial charge in [0.25, 0.3) is 0 Å².